The highest BCUT2D eigenvalue weighted by Gasteiger charge is 2.33. The van der Waals surface area contributed by atoms with Crippen LogP contribution in [-0.2, 0) is 0 Å². The highest BCUT2D eigenvalue weighted by Crippen LogP contribution is 2.41. The van der Waals surface area contributed by atoms with E-state index in [1.54, 1.807) is 6.92 Å². The molecule has 0 bridgehead atoms. The largest absolute Gasteiger partial charge is 0.324 e. The fourth-order valence-electron chi connectivity index (χ4n) is 1.67. The Morgan fingerprint density at radius 2 is 2.00 bits per heavy atom. The number of halogens is 2. The molecule has 1 atom stereocenters. The van der Waals surface area contributed by atoms with Crippen molar-refractivity contribution in [3.8, 4) is 0 Å². The molecule has 0 spiro atoms. The number of aryl methyl sites for hydroxylation is 1. The maximum Gasteiger partial charge on any atom is 0.133 e. The fraction of sp³-hybridized carbons (Fsp3) is 0.455. The van der Waals surface area contributed by atoms with E-state index in [4.69, 9.17) is 5.73 Å². The van der Waals surface area contributed by atoms with Gasteiger partial charge in [0, 0.05) is 11.6 Å². The van der Waals surface area contributed by atoms with Crippen molar-refractivity contribution in [2.75, 3.05) is 0 Å². The van der Waals surface area contributed by atoms with E-state index in [0.717, 1.165) is 12.8 Å². The smallest absolute Gasteiger partial charge is 0.133 e. The number of hydrogen-bond donors (Lipinski definition) is 1. The Bertz CT molecular complexity index is 359. The van der Waals surface area contributed by atoms with Crippen molar-refractivity contribution in [3.05, 3.63) is 34.9 Å². The van der Waals surface area contributed by atoms with Crippen LogP contribution in [0.2, 0.25) is 0 Å². The lowest BCUT2D eigenvalue weighted by molar-refractivity contribution is 0.500. The number of hydrogen-bond acceptors (Lipinski definition) is 1. The summed E-state index contributed by atoms with van der Waals surface area (Å²) in [5.41, 5.74) is 6.31. The van der Waals surface area contributed by atoms with E-state index in [1.807, 2.05) is 0 Å². The Morgan fingerprint density at radius 3 is 2.57 bits per heavy atom. The lowest BCUT2D eigenvalue weighted by Crippen LogP contribution is -2.16. The summed E-state index contributed by atoms with van der Waals surface area (Å²) in [5.74, 6) is -0.738. The van der Waals surface area contributed by atoms with Crippen LogP contribution in [0.1, 0.15) is 30.0 Å². The highest BCUT2D eigenvalue weighted by molar-refractivity contribution is 5.30. The number of benzene rings is 1. The zero-order valence-electron chi connectivity index (χ0n) is 8.06. The molecule has 1 nitrogen and oxygen atoms in total. The van der Waals surface area contributed by atoms with Gasteiger partial charge in [-0.25, -0.2) is 8.78 Å². The monoisotopic (exact) mass is 197 g/mol. The van der Waals surface area contributed by atoms with Gasteiger partial charge in [-0.1, -0.05) is 6.07 Å². The van der Waals surface area contributed by atoms with Gasteiger partial charge in [-0.2, -0.15) is 0 Å². The summed E-state index contributed by atoms with van der Waals surface area (Å²) in [6.45, 7) is 1.62. The van der Waals surface area contributed by atoms with Crippen molar-refractivity contribution < 1.29 is 8.78 Å². The third-order valence-electron chi connectivity index (χ3n) is 2.78. The van der Waals surface area contributed by atoms with E-state index < -0.39 is 17.7 Å². The quantitative estimate of drug-likeness (QED) is 0.775. The fourth-order valence-corrected chi connectivity index (χ4v) is 1.67. The van der Waals surface area contributed by atoms with E-state index in [1.165, 1.54) is 12.1 Å². The van der Waals surface area contributed by atoms with Gasteiger partial charge in [-0.05, 0) is 37.3 Å². The van der Waals surface area contributed by atoms with E-state index in [9.17, 15) is 8.78 Å². The summed E-state index contributed by atoms with van der Waals surface area (Å²) in [7, 11) is 0. The third-order valence-corrected chi connectivity index (χ3v) is 2.78. The number of nitrogens with two attached hydrogens (primary N) is 1. The lowest BCUT2D eigenvalue weighted by Gasteiger charge is -2.14. The molecule has 0 radical (unpaired) electrons. The molecule has 1 aromatic carbocycles. The molecule has 0 heterocycles. The molecule has 1 aliphatic rings. The van der Waals surface area contributed by atoms with Crippen molar-refractivity contribution >= 4 is 0 Å². The average Bonchev–Trinajstić information content (AvgIpc) is 2.95. The molecule has 1 aliphatic carbocycles. The minimum Gasteiger partial charge on any atom is -0.324 e. The molecule has 2 rings (SSSR count). The molecule has 1 fully saturated rings. The van der Waals surface area contributed by atoms with Crippen LogP contribution in [-0.4, -0.2) is 0 Å². The van der Waals surface area contributed by atoms with Crippen LogP contribution in [0.3, 0.4) is 0 Å². The van der Waals surface area contributed by atoms with Crippen molar-refractivity contribution in [3.63, 3.8) is 0 Å². The van der Waals surface area contributed by atoms with Gasteiger partial charge < -0.3 is 5.73 Å². The summed E-state index contributed by atoms with van der Waals surface area (Å²) in [5, 5.41) is 0. The molecule has 14 heavy (non-hydrogen) atoms. The SMILES string of the molecule is Cc1ccc(F)c([C@@H](N)C2CC2)c1F. The Morgan fingerprint density at radius 1 is 1.36 bits per heavy atom. The first kappa shape index (κ1) is 9.59. The highest BCUT2D eigenvalue weighted by atomic mass is 19.1. The van der Waals surface area contributed by atoms with Crippen molar-refractivity contribution in [2.45, 2.75) is 25.8 Å². The van der Waals surface area contributed by atoms with Crippen LogP contribution in [0.5, 0.6) is 0 Å². The Labute approximate surface area is 81.9 Å². The predicted molar refractivity (Wildman–Crippen MR) is 50.7 cm³/mol. The molecule has 0 aliphatic heterocycles. The Balaban J connectivity index is 2.43. The van der Waals surface area contributed by atoms with Crippen LogP contribution >= 0.6 is 0 Å². The minimum absolute atomic E-state index is 0.0625. The predicted octanol–water partition coefficient (Wildman–Crippen LogP) is 2.68. The molecule has 0 unspecified atom stereocenters. The van der Waals surface area contributed by atoms with Crippen molar-refractivity contribution in [1.29, 1.82) is 0 Å². The van der Waals surface area contributed by atoms with Gasteiger partial charge in [-0.15, -0.1) is 0 Å². The van der Waals surface area contributed by atoms with Crippen molar-refractivity contribution in [1.82, 2.24) is 0 Å². The second kappa shape index (κ2) is 3.31. The first-order valence-electron chi connectivity index (χ1n) is 4.81. The summed E-state index contributed by atoms with van der Waals surface area (Å²) in [6, 6.07) is 2.25. The van der Waals surface area contributed by atoms with Gasteiger partial charge in [0.2, 0.25) is 0 Å². The Hall–Kier alpha value is -0.960. The standard InChI is InChI=1S/C11H13F2N/c1-6-2-5-8(12)9(10(6)13)11(14)7-3-4-7/h2,5,7,11H,3-4,14H2,1H3/t11-/m0/s1. The summed E-state index contributed by atoms with van der Waals surface area (Å²) < 4.78 is 26.9. The maximum atomic E-state index is 13.6. The van der Waals surface area contributed by atoms with E-state index >= 15 is 0 Å². The maximum absolute atomic E-state index is 13.6. The molecule has 0 aromatic heterocycles. The van der Waals surface area contributed by atoms with Gasteiger partial charge in [0.15, 0.2) is 0 Å². The first-order chi connectivity index (χ1) is 6.61. The van der Waals surface area contributed by atoms with Gasteiger partial charge in [0.25, 0.3) is 0 Å². The van der Waals surface area contributed by atoms with E-state index in [2.05, 4.69) is 0 Å². The molecular weight excluding hydrogens is 184 g/mol. The summed E-state index contributed by atoms with van der Waals surface area (Å²) >= 11 is 0. The van der Waals surface area contributed by atoms with Crippen molar-refractivity contribution in [2.24, 2.45) is 11.7 Å². The second-order valence-electron chi connectivity index (χ2n) is 3.96. The molecule has 76 valence electrons. The minimum atomic E-state index is -0.521. The molecule has 0 amide bonds. The third kappa shape index (κ3) is 1.52. The zero-order valence-corrected chi connectivity index (χ0v) is 8.06. The van der Waals surface area contributed by atoms with Crippen LogP contribution in [0.15, 0.2) is 12.1 Å². The first-order valence-corrected chi connectivity index (χ1v) is 4.81. The lowest BCUT2D eigenvalue weighted by atomic mass is 10.00. The van der Waals surface area contributed by atoms with Gasteiger partial charge in [0.05, 0.1) is 0 Å². The summed E-state index contributed by atoms with van der Waals surface area (Å²) in [4.78, 5) is 0. The zero-order chi connectivity index (χ0) is 10.3. The van der Waals surface area contributed by atoms with Crippen LogP contribution in [0.25, 0.3) is 0 Å². The van der Waals surface area contributed by atoms with Crippen LogP contribution in [0, 0.1) is 24.5 Å². The molecular formula is C11H13F2N. The normalized spacial score (nSPS) is 18.3. The van der Waals surface area contributed by atoms with Gasteiger partial charge in [-0.3, -0.25) is 0 Å². The second-order valence-corrected chi connectivity index (χ2v) is 3.96. The van der Waals surface area contributed by atoms with Gasteiger partial charge >= 0.3 is 0 Å². The van der Waals surface area contributed by atoms with Crippen LogP contribution in [0.4, 0.5) is 8.78 Å². The topological polar surface area (TPSA) is 26.0 Å². The van der Waals surface area contributed by atoms with E-state index in [0.29, 0.717) is 5.56 Å². The molecule has 2 N–H and O–H groups in total. The molecule has 0 saturated heterocycles. The summed E-state index contributed by atoms with van der Waals surface area (Å²) in [6.07, 6.45) is 1.96. The van der Waals surface area contributed by atoms with Crippen LogP contribution < -0.4 is 5.73 Å². The number of rotatable bonds is 2. The Kier molecular flexibility index (Phi) is 2.27. The van der Waals surface area contributed by atoms with E-state index in [-0.39, 0.29) is 11.5 Å². The molecule has 3 heteroatoms. The van der Waals surface area contributed by atoms with Gasteiger partial charge in [0.1, 0.15) is 11.6 Å². The molecule has 1 saturated carbocycles. The average molecular weight is 197 g/mol. The molecule has 1 aromatic rings.